The highest BCUT2D eigenvalue weighted by atomic mass is 16.3. The van der Waals surface area contributed by atoms with Crippen LogP contribution in [0, 0.1) is 0 Å². The minimum atomic E-state index is -0.291. The number of hydrogen-bond acceptors (Lipinski definition) is 6. The standard InChI is InChI=1S/C44H32N4O4/c49-29-9-1-25(2-10-29)41-33-17-19-35(45-33)42(26-3-11-30(50)12-4-26)37-21-23-39(47-37)44(28-7-15-32(52)16-8-28)40-24-22-38(48-40)43(36-20-18-34(41)46-36)27-5-13-31(51)14-6-27/h1-24,33,41,46-47,49-52H/b42-37-,43-38-,44-39-. The minimum Gasteiger partial charge on any atom is -0.508 e. The zero-order valence-corrected chi connectivity index (χ0v) is 27.7. The summed E-state index contributed by atoms with van der Waals surface area (Å²) in [5.41, 5.74) is 10.2. The average molecular weight is 681 g/mol. The number of aromatic nitrogens is 2. The minimum absolute atomic E-state index is 0.167. The molecular formula is C44H32N4O4. The Kier molecular flexibility index (Phi) is 7.36. The van der Waals surface area contributed by atoms with Crippen LogP contribution in [-0.2, 0) is 0 Å². The number of aromatic hydroxyl groups is 4. The Hall–Kier alpha value is -7.06. The zero-order valence-electron chi connectivity index (χ0n) is 27.7. The maximum absolute atomic E-state index is 10.2. The van der Waals surface area contributed by atoms with Gasteiger partial charge >= 0.3 is 0 Å². The third-order valence-electron chi connectivity index (χ3n) is 9.75. The predicted octanol–water partition coefficient (Wildman–Crippen LogP) is 6.56. The van der Waals surface area contributed by atoms with Gasteiger partial charge in [0.15, 0.2) is 0 Å². The van der Waals surface area contributed by atoms with Gasteiger partial charge in [-0.1, -0.05) is 54.6 Å². The van der Waals surface area contributed by atoms with Crippen LogP contribution >= 0.6 is 0 Å². The third kappa shape index (κ3) is 5.52. The molecule has 8 nitrogen and oxygen atoms in total. The molecule has 6 N–H and O–H groups in total. The Morgan fingerprint density at radius 3 is 1.56 bits per heavy atom. The summed E-state index contributed by atoms with van der Waals surface area (Å²) in [5, 5.41) is 42.4. The molecule has 6 aromatic rings. The lowest BCUT2D eigenvalue weighted by Crippen LogP contribution is -2.21. The van der Waals surface area contributed by atoms with Crippen LogP contribution in [0.4, 0.5) is 0 Å². The fourth-order valence-corrected chi connectivity index (χ4v) is 7.29. The SMILES string of the molecule is Oc1ccc(/C2=C3\C=CC(=N3)/C(c3ccc(O)cc3)=c3/cc/c([nH]3)=C(\c3ccc(O)cc3)C3=NC(C=C3)C(c3ccc(O)cc3)c3ccc2[nH]3)cc1. The third-order valence-corrected chi connectivity index (χ3v) is 9.75. The van der Waals surface area contributed by atoms with Crippen molar-refractivity contribution in [1.29, 1.82) is 0 Å². The van der Waals surface area contributed by atoms with Gasteiger partial charge in [0.05, 0.1) is 29.1 Å². The van der Waals surface area contributed by atoms with Crippen LogP contribution in [0.2, 0.25) is 0 Å². The number of nitrogens with one attached hydrogen (secondary N) is 2. The van der Waals surface area contributed by atoms with Gasteiger partial charge in [0.2, 0.25) is 0 Å². The molecule has 252 valence electrons. The molecule has 8 heteroatoms. The molecule has 4 aromatic carbocycles. The number of fused-ring (bicyclic) bond motifs is 6. The largest absolute Gasteiger partial charge is 0.508 e. The predicted molar refractivity (Wildman–Crippen MR) is 203 cm³/mol. The van der Waals surface area contributed by atoms with Crippen LogP contribution in [0.25, 0.3) is 16.7 Å². The normalized spacial score (nSPS) is 21.3. The number of rotatable bonds is 4. The van der Waals surface area contributed by atoms with Gasteiger partial charge in [-0.15, -0.1) is 0 Å². The summed E-state index contributed by atoms with van der Waals surface area (Å²) in [7, 11) is 0. The Morgan fingerprint density at radius 1 is 0.462 bits per heavy atom. The van der Waals surface area contributed by atoms with Crippen molar-refractivity contribution >= 4 is 28.1 Å². The Labute approximate surface area is 298 Å². The number of aromatic amines is 2. The highest BCUT2D eigenvalue weighted by molar-refractivity contribution is 6.31. The first-order valence-electron chi connectivity index (χ1n) is 17.0. The Morgan fingerprint density at radius 2 is 0.981 bits per heavy atom. The maximum Gasteiger partial charge on any atom is 0.115 e. The monoisotopic (exact) mass is 680 g/mol. The number of phenols is 4. The molecule has 0 saturated heterocycles. The molecule has 3 aliphatic rings. The number of hydrogen-bond donors (Lipinski definition) is 6. The van der Waals surface area contributed by atoms with Gasteiger partial charge in [-0.25, -0.2) is 4.99 Å². The molecule has 3 aliphatic heterocycles. The number of H-pyrrole nitrogens is 2. The van der Waals surface area contributed by atoms with Gasteiger partial charge in [-0.2, -0.15) is 0 Å². The molecular weight excluding hydrogens is 649 g/mol. The first-order chi connectivity index (χ1) is 25.4. The van der Waals surface area contributed by atoms with E-state index < -0.39 is 0 Å². The van der Waals surface area contributed by atoms with Gasteiger partial charge in [-0.05, 0) is 113 Å². The van der Waals surface area contributed by atoms with E-state index in [4.69, 9.17) is 9.98 Å². The molecule has 2 aromatic heterocycles. The van der Waals surface area contributed by atoms with Gasteiger partial charge in [-0.3, -0.25) is 4.99 Å². The summed E-state index contributed by atoms with van der Waals surface area (Å²) in [5.74, 6) is 0.468. The van der Waals surface area contributed by atoms with Crippen molar-refractivity contribution in [2.45, 2.75) is 12.0 Å². The molecule has 0 spiro atoms. The lowest BCUT2D eigenvalue weighted by molar-refractivity contribution is 0.474. The maximum atomic E-state index is 10.2. The number of phenolic OH excluding ortho intramolecular Hbond substituents is 4. The summed E-state index contributed by atoms with van der Waals surface area (Å²) < 4.78 is 0. The molecule has 5 heterocycles. The number of benzene rings is 4. The topological polar surface area (TPSA) is 137 Å². The summed E-state index contributed by atoms with van der Waals surface area (Å²) in [6, 6.07) is 36.5. The highest BCUT2D eigenvalue weighted by Gasteiger charge is 2.30. The molecule has 8 bridgehead atoms. The molecule has 9 rings (SSSR count). The summed E-state index contributed by atoms with van der Waals surface area (Å²) in [6.45, 7) is 0. The van der Waals surface area contributed by atoms with Gasteiger partial charge < -0.3 is 30.4 Å². The average Bonchev–Trinajstić information content (AvgIpc) is 3.99. The number of allylic oxidation sites excluding steroid dienone is 3. The molecule has 2 atom stereocenters. The highest BCUT2D eigenvalue weighted by Crippen LogP contribution is 2.38. The van der Waals surface area contributed by atoms with Gasteiger partial charge in [0.25, 0.3) is 0 Å². The van der Waals surface area contributed by atoms with Crippen LogP contribution < -0.4 is 10.7 Å². The van der Waals surface area contributed by atoms with Crippen molar-refractivity contribution in [3.63, 3.8) is 0 Å². The molecule has 0 aliphatic carbocycles. The zero-order chi connectivity index (χ0) is 35.3. The van der Waals surface area contributed by atoms with Gasteiger partial charge in [0, 0.05) is 38.8 Å². The van der Waals surface area contributed by atoms with E-state index in [1.807, 2.05) is 78.9 Å². The molecule has 0 amide bonds. The second-order valence-electron chi connectivity index (χ2n) is 13.0. The summed E-state index contributed by atoms with van der Waals surface area (Å²) in [4.78, 5) is 18.0. The van der Waals surface area contributed by atoms with E-state index in [1.165, 1.54) is 0 Å². The van der Waals surface area contributed by atoms with E-state index in [1.54, 1.807) is 48.5 Å². The quantitative estimate of drug-likeness (QED) is 0.126. The Balaban J connectivity index is 1.37. The van der Waals surface area contributed by atoms with Crippen LogP contribution in [0.3, 0.4) is 0 Å². The molecule has 52 heavy (non-hydrogen) atoms. The van der Waals surface area contributed by atoms with Crippen molar-refractivity contribution in [2.24, 2.45) is 9.98 Å². The summed E-state index contributed by atoms with van der Waals surface area (Å²) >= 11 is 0. The molecule has 0 fully saturated rings. The first kappa shape index (κ1) is 31.0. The first-order valence-corrected chi connectivity index (χ1v) is 17.0. The van der Waals surface area contributed by atoms with Gasteiger partial charge in [0.1, 0.15) is 23.0 Å². The molecule has 0 radical (unpaired) electrons. The van der Waals surface area contributed by atoms with Crippen LogP contribution in [0.5, 0.6) is 23.0 Å². The van der Waals surface area contributed by atoms with E-state index in [0.29, 0.717) is 0 Å². The van der Waals surface area contributed by atoms with E-state index in [2.05, 4.69) is 28.2 Å². The second kappa shape index (κ2) is 12.4. The summed E-state index contributed by atoms with van der Waals surface area (Å²) in [6.07, 6.45) is 8.16. The Bertz CT molecular complexity index is 2640. The van der Waals surface area contributed by atoms with E-state index in [9.17, 15) is 20.4 Å². The number of aliphatic imine (C=N–C) groups is 2. The second-order valence-corrected chi connectivity index (χ2v) is 13.0. The van der Waals surface area contributed by atoms with Crippen molar-refractivity contribution in [2.75, 3.05) is 0 Å². The lowest BCUT2D eigenvalue weighted by atomic mass is 9.89. The smallest absolute Gasteiger partial charge is 0.115 e. The van der Waals surface area contributed by atoms with E-state index in [0.717, 1.165) is 78.2 Å². The van der Waals surface area contributed by atoms with Crippen molar-refractivity contribution < 1.29 is 20.4 Å². The van der Waals surface area contributed by atoms with Crippen molar-refractivity contribution in [3.8, 4) is 23.0 Å². The fraction of sp³-hybridized carbons (Fsp3) is 0.0455. The van der Waals surface area contributed by atoms with E-state index >= 15 is 0 Å². The van der Waals surface area contributed by atoms with Crippen molar-refractivity contribution in [3.05, 3.63) is 196 Å². The van der Waals surface area contributed by atoms with E-state index in [-0.39, 0.29) is 35.0 Å². The molecule has 0 saturated carbocycles. The van der Waals surface area contributed by atoms with Crippen LogP contribution in [0.1, 0.15) is 39.6 Å². The molecule has 2 unspecified atom stereocenters. The van der Waals surface area contributed by atoms with Crippen LogP contribution in [-0.4, -0.2) is 47.9 Å². The fourth-order valence-electron chi connectivity index (χ4n) is 7.29. The lowest BCUT2D eigenvalue weighted by Gasteiger charge is -2.21. The van der Waals surface area contributed by atoms with Crippen LogP contribution in [0.15, 0.2) is 161 Å². The van der Waals surface area contributed by atoms with Crippen molar-refractivity contribution in [1.82, 2.24) is 9.97 Å². The number of nitrogens with zero attached hydrogens (tertiary/aromatic N) is 2.